The van der Waals surface area contributed by atoms with Crippen molar-refractivity contribution in [3.63, 3.8) is 0 Å². The Hall–Kier alpha value is -2.90. The van der Waals surface area contributed by atoms with Gasteiger partial charge in [0, 0.05) is 30.5 Å². The van der Waals surface area contributed by atoms with E-state index in [1.54, 1.807) is 29.2 Å². The molecule has 3 rings (SSSR count). The minimum Gasteiger partial charge on any atom is -0.339 e. The maximum atomic E-state index is 12.5. The molecule has 2 aromatic rings. The van der Waals surface area contributed by atoms with Crippen molar-refractivity contribution in [2.24, 2.45) is 0 Å². The van der Waals surface area contributed by atoms with Crippen molar-refractivity contribution in [3.05, 3.63) is 59.4 Å². The third kappa shape index (κ3) is 4.01. The van der Waals surface area contributed by atoms with Gasteiger partial charge in [0.25, 0.3) is 11.8 Å². The summed E-state index contributed by atoms with van der Waals surface area (Å²) < 4.78 is 37.5. The summed E-state index contributed by atoms with van der Waals surface area (Å²) in [5.74, 6) is -0.628. The van der Waals surface area contributed by atoms with Crippen molar-refractivity contribution >= 4 is 17.5 Å². The van der Waals surface area contributed by atoms with E-state index in [1.165, 1.54) is 0 Å². The summed E-state index contributed by atoms with van der Waals surface area (Å²) in [7, 11) is 0. The van der Waals surface area contributed by atoms with E-state index in [9.17, 15) is 22.8 Å². The zero-order valence-electron chi connectivity index (χ0n) is 13.7. The number of hydrogen-bond donors (Lipinski definition) is 1. The maximum Gasteiger partial charge on any atom is 0.433 e. The molecule has 0 radical (unpaired) electrons. The molecule has 1 fully saturated rings. The lowest BCUT2D eigenvalue weighted by Gasteiger charge is -2.15. The van der Waals surface area contributed by atoms with Gasteiger partial charge in [-0.25, -0.2) is 0 Å². The number of rotatable bonds is 3. The first kappa shape index (κ1) is 17.9. The van der Waals surface area contributed by atoms with Gasteiger partial charge in [-0.2, -0.15) is 13.2 Å². The summed E-state index contributed by atoms with van der Waals surface area (Å²) in [6.07, 6.45) is -1.67. The lowest BCUT2D eigenvalue weighted by atomic mass is 10.1. The number of nitrogens with one attached hydrogen (secondary N) is 1. The Bertz CT molecular complexity index is 796. The van der Waals surface area contributed by atoms with E-state index in [4.69, 9.17) is 0 Å². The van der Waals surface area contributed by atoms with Gasteiger partial charge in [0.05, 0.1) is 5.56 Å². The second-order valence-electron chi connectivity index (χ2n) is 5.96. The number of pyridine rings is 1. The maximum absolute atomic E-state index is 12.5. The molecule has 136 valence electrons. The Morgan fingerprint density at radius 3 is 2.12 bits per heavy atom. The number of alkyl halides is 3. The first-order valence-corrected chi connectivity index (χ1v) is 8.08. The topological polar surface area (TPSA) is 62.3 Å². The third-order valence-electron chi connectivity index (χ3n) is 4.10. The molecule has 8 heteroatoms. The molecule has 0 atom stereocenters. The van der Waals surface area contributed by atoms with Crippen molar-refractivity contribution in [2.75, 3.05) is 18.4 Å². The second-order valence-corrected chi connectivity index (χ2v) is 5.96. The van der Waals surface area contributed by atoms with Crippen LogP contribution in [0.15, 0.2) is 42.6 Å². The van der Waals surface area contributed by atoms with Crippen LogP contribution < -0.4 is 5.32 Å². The lowest BCUT2D eigenvalue weighted by molar-refractivity contribution is -0.141. The summed E-state index contributed by atoms with van der Waals surface area (Å²) in [6, 6.07) is 8.21. The predicted molar refractivity (Wildman–Crippen MR) is 88.8 cm³/mol. The lowest BCUT2D eigenvalue weighted by Crippen LogP contribution is -2.27. The normalized spacial score (nSPS) is 14.3. The van der Waals surface area contributed by atoms with E-state index in [0.29, 0.717) is 11.3 Å². The van der Waals surface area contributed by atoms with Crippen LogP contribution in [-0.2, 0) is 6.18 Å². The summed E-state index contributed by atoms with van der Waals surface area (Å²) in [5, 5.41) is 2.57. The van der Waals surface area contributed by atoms with Gasteiger partial charge in [0.15, 0.2) is 0 Å². The number of hydrogen-bond acceptors (Lipinski definition) is 3. The molecular weight excluding hydrogens is 347 g/mol. The number of likely N-dealkylation sites (tertiary alicyclic amines) is 1. The van der Waals surface area contributed by atoms with Crippen LogP contribution in [0.25, 0.3) is 0 Å². The van der Waals surface area contributed by atoms with Gasteiger partial charge in [-0.3, -0.25) is 14.6 Å². The molecule has 26 heavy (non-hydrogen) atoms. The zero-order valence-corrected chi connectivity index (χ0v) is 13.7. The van der Waals surface area contributed by atoms with Gasteiger partial charge >= 0.3 is 6.18 Å². The Balaban J connectivity index is 1.65. The van der Waals surface area contributed by atoms with Crippen LogP contribution in [0.3, 0.4) is 0 Å². The van der Waals surface area contributed by atoms with Gasteiger partial charge in [-0.15, -0.1) is 0 Å². The molecule has 5 nitrogen and oxygen atoms in total. The molecule has 0 saturated carbocycles. The van der Waals surface area contributed by atoms with Gasteiger partial charge in [0.1, 0.15) is 5.69 Å². The Kier molecular flexibility index (Phi) is 4.92. The molecule has 0 spiro atoms. The predicted octanol–water partition coefficient (Wildman–Crippen LogP) is 3.59. The molecule has 2 amide bonds. The van der Waals surface area contributed by atoms with Gasteiger partial charge in [-0.05, 0) is 49.2 Å². The van der Waals surface area contributed by atoms with Crippen molar-refractivity contribution in [3.8, 4) is 0 Å². The largest absolute Gasteiger partial charge is 0.433 e. The average molecular weight is 363 g/mol. The van der Waals surface area contributed by atoms with E-state index >= 15 is 0 Å². The molecule has 1 N–H and O–H groups in total. The Morgan fingerprint density at radius 2 is 1.58 bits per heavy atom. The smallest absolute Gasteiger partial charge is 0.339 e. The highest BCUT2D eigenvalue weighted by Gasteiger charge is 2.32. The first-order valence-electron chi connectivity index (χ1n) is 8.08. The van der Waals surface area contributed by atoms with Gasteiger partial charge < -0.3 is 10.2 Å². The first-order chi connectivity index (χ1) is 12.3. The van der Waals surface area contributed by atoms with Gasteiger partial charge in [-0.1, -0.05) is 0 Å². The number of carbonyl (C=O) groups excluding carboxylic acids is 2. The minimum absolute atomic E-state index is 0.00946. The molecular formula is C18H16F3N3O2. The average Bonchev–Trinajstić information content (AvgIpc) is 3.16. The number of aromatic nitrogens is 1. The van der Waals surface area contributed by atoms with Crippen LogP contribution >= 0.6 is 0 Å². The fourth-order valence-corrected chi connectivity index (χ4v) is 2.70. The number of halogens is 3. The fraction of sp³-hybridized carbons (Fsp3) is 0.278. The van der Waals surface area contributed by atoms with Crippen LogP contribution in [0.4, 0.5) is 18.9 Å². The minimum atomic E-state index is -4.55. The van der Waals surface area contributed by atoms with E-state index in [1.807, 2.05) is 0 Å². The molecule has 1 aliphatic heterocycles. The molecule has 0 aliphatic carbocycles. The van der Waals surface area contributed by atoms with E-state index < -0.39 is 17.8 Å². The van der Waals surface area contributed by atoms with Crippen LogP contribution in [0.5, 0.6) is 0 Å². The molecule has 1 aliphatic rings. The van der Waals surface area contributed by atoms with Crippen LogP contribution in [-0.4, -0.2) is 34.8 Å². The van der Waals surface area contributed by atoms with E-state index in [2.05, 4.69) is 10.3 Å². The zero-order chi connectivity index (χ0) is 18.7. The van der Waals surface area contributed by atoms with Crippen LogP contribution in [0, 0.1) is 0 Å². The van der Waals surface area contributed by atoms with Crippen molar-refractivity contribution in [2.45, 2.75) is 19.0 Å². The second kappa shape index (κ2) is 7.15. The van der Waals surface area contributed by atoms with Crippen molar-refractivity contribution < 1.29 is 22.8 Å². The summed E-state index contributed by atoms with van der Waals surface area (Å²) >= 11 is 0. The highest BCUT2D eigenvalue weighted by molar-refractivity contribution is 6.04. The highest BCUT2D eigenvalue weighted by atomic mass is 19.4. The number of anilines is 1. The molecule has 0 unspecified atom stereocenters. The highest BCUT2D eigenvalue weighted by Crippen LogP contribution is 2.27. The third-order valence-corrected chi connectivity index (χ3v) is 4.10. The van der Waals surface area contributed by atoms with Crippen molar-refractivity contribution in [1.82, 2.24) is 9.88 Å². The summed E-state index contributed by atoms with van der Waals surface area (Å²) in [4.78, 5) is 29.4. The SMILES string of the molecule is O=C(Nc1ccc(C(=O)N2CCCC2)cc1)c1ccc(C(F)(F)F)nc1. The number of nitrogens with zero attached hydrogens (tertiary/aromatic N) is 2. The number of amides is 2. The van der Waals surface area contributed by atoms with Crippen LogP contribution in [0.2, 0.25) is 0 Å². The fourth-order valence-electron chi connectivity index (χ4n) is 2.70. The standard InChI is InChI=1S/C18H16F3N3O2/c19-18(20,21)15-8-5-13(11-22-15)16(25)23-14-6-3-12(4-7-14)17(26)24-9-1-2-10-24/h3-8,11H,1-2,9-10H2,(H,23,25). The molecule has 1 aromatic carbocycles. The number of benzene rings is 1. The monoisotopic (exact) mass is 363 g/mol. The van der Waals surface area contributed by atoms with E-state index in [-0.39, 0.29) is 11.5 Å². The molecule has 2 heterocycles. The van der Waals surface area contributed by atoms with E-state index in [0.717, 1.165) is 44.3 Å². The van der Waals surface area contributed by atoms with Crippen LogP contribution in [0.1, 0.15) is 39.3 Å². The molecule has 1 aromatic heterocycles. The summed E-state index contributed by atoms with van der Waals surface area (Å²) in [5.41, 5.74) is -0.0805. The van der Waals surface area contributed by atoms with Crippen molar-refractivity contribution in [1.29, 1.82) is 0 Å². The Labute approximate surface area is 147 Å². The quantitative estimate of drug-likeness (QED) is 0.907. The molecule has 0 bridgehead atoms. The van der Waals surface area contributed by atoms with Gasteiger partial charge in [0.2, 0.25) is 0 Å². The molecule has 1 saturated heterocycles. The Morgan fingerprint density at radius 1 is 0.962 bits per heavy atom. The summed E-state index contributed by atoms with van der Waals surface area (Å²) in [6.45, 7) is 1.50. The number of carbonyl (C=O) groups is 2.